The average Bonchev–Trinajstić information content (AvgIpc) is 2.57. The maximum Gasteiger partial charge on any atom is 0.228 e. The first-order valence-electron chi connectivity index (χ1n) is 6.82. The summed E-state index contributed by atoms with van der Waals surface area (Å²) in [5, 5.41) is 0. The molecule has 0 heterocycles. The minimum Gasteiger partial charge on any atom is -0.477 e. The van der Waals surface area contributed by atoms with Crippen LogP contribution in [0.3, 0.4) is 0 Å². The van der Waals surface area contributed by atoms with E-state index in [2.05, 4.69) is 11.8 Å². The van der Waals surface area contributed by atoms with E-state index in [1.54, 1.807) is 24.3 Å². The van der Waals surface area contributed by atoms with Crippen LogP contribution in [-0.2, 0) is 4.74 Å². The van der Waals surface area contributed by atoms with Crippen LogP contribution in [-0.4, -0.2) is 18.2 Å². The van der Waals surface area contributed by atoms with Crippen molar-refractivity contribution in [3.63, 3.8) is 0 Å². The van der Waals surface area contributed by atoms with Crippen molar-refractivity contribution in [3.8, 4) is 11.8 Å². The molecule has 0 atom stereocenters. The first-order valence-corrected chi connectivity index (χ1v) is 6.82. The lowest BCUT2D eigenvalue weighted by atomic mass is 9.94. The number of ether oxygens (including phenoxy) is 1. The molecule has 1 aliphatic rings. The Bertz CT molecular complexity index is 821. The second-order valence-electron chi connectivity index (χ2n) is 4.70. The molecule has 0 fully saturated rings. The maximum absolute atomic E-state index is 12.2. The topological polar surface area (TPSA) is 43.4 Å². The number of hydrogen-bond donors (Lipinski definition) is 0. The van der Waals surface area contributed by atoms with Gasteiger partial charge >= 0.3 is 0 Å². The summed E-state index contributed by atoms with van der Waals surface area (Å²) in [6, 6.07) is 16.2. The third-order valence-electron chi connectivity index (χ3n) is 3.23. The zero-order valence-electron chi connectivity index (χ0n) is 11.7. The second kappa shape index (κ2) is 6.11. The van der Waals surface area contributed by atoms with Gasteiger partial charge in [-0.05, 0) is 12.1 Å². The summed E-state index contributed by atoms with van der Waals surface area (Å²) in [5.41, 5.74) is 1.66. The molecule has 3 heteroatoms. The molecule has 3 nitrogen and oxygen atoms in total. The molecule has 2 aromatic rings. The highest BCUT2D eigenvalue weighted by atomic mass is 16.5. The highest BCUT2D eigenvalue weighted by molar-refractivity contribution is 6.23. The van der Waals surface area contributed by atoms with E-state index in [4.69, 9.17) is 4.74 Å². The van der Waals surface area contributed by atoms with Gasteiger partial charge in [-0.25, -0.2) is 0 Å². The lowest BCUT2D eigenvalue weighted by Crippen LogP contribution is -2.18. The number of carbonyl (C=O) groups is 2. The van der Waals surface area contributed by atoms with Crippen LogP contribution >= 0.6 is 0 Å². The lowest BCUT2D eigenvalue weighted by Gasteiger charge is -2.14. The zero-order valence-corrected chi connectivity index (χ0v) is 11.7. The Morgan fingerprint density at radius 2 is 1.55 bits per heavy atom. The number of benzene rings is 2. The highest BCUT2D eigenvalue weighted by Gasteiger charge is 2.25. The summed E-state index contributed by atoms with van der Waals surface area (Å²) >= 11 is 0. The Kier molecular flexibility index (Phi) is 3.84. The van der Waals surface area contributed by atoms with Crippen LogP contribution in [0.5, 0.6) is 0 Å². The molecule has 1 aliphatic carbocycles. The second-order valence-corrected chi connectivity index (χ2v) is 4.70. The molecule has 2 aromatic carbocycles. The molecular formula is C19H12O3. The minimum absolute atomic E-state index is 0.0473. The number of ketones is 2. The van der Waals surface area contributed by atoms with Crippen LogP contribution in [0.25, 0.3) is 0 Å². The predicted molar refractivity (Wildman–Crippen MR) is 82.5 cm³/mol. The van der Waals surface area contributed by atoms with Crippen molar-refractivity contribution in [2.24, 2.45) is 0 Å². The monoisotopic (exact) mass is 288 g/mol. The number of carbonyl (C=O) groups excluding carboxylic acids is 2. The van der Waals surface area contributed by atoms with E-state index < -0.39 is 0 Å². The van der Waals surface area contributed by atoms with E-state index in [0.29, 0.717) is 11.1 Å². The van der Waals surface area contributed by atoms with Gasteiger partial charge in [-0.15, -0.1) is 0 Å². The Morgan fingerprint density at radius 1 is 0.864 bits per heavy atom. The van der Waals surface area contributed by atoms with Crippen molar-refractivity contribution in [1.29, 1.82) is 0 Å². The molecule has 106 valence electrons. The Balaban J connectivity index is 1.71. The van der Waals surface area contributed by atoms with Crippen LogP contribution in [0, 0.1) is 11.8 Å². The Labute approximate surface area is 128 Å². The molecule has 0 bridgehead atoms. The molecule has 0 unspecified atom stereocenters. The van der Waals surface area contributed by atoms with Crippen LogP contribution < -0.4 is 0 Å². The number of rotatable bonds is 2. The highest BCUT2D eigenvalue weighted by Crippen LogP contribution is 2.21. The van der Waals surface area contributed by atoms with E-state index in [9.17, 15) is 9.59 Å². The maximum atomic E-state index is 12.2. The van der Waals surface area contributed by atoms with E-state index in [0.717, 1.165) is 5.56 Å². The SMILES string of the molecule is O=C1C=C(OCC#Cc2ccccc2)C(=O)c2ccccc21. The van der Waals surface area contributed by atoms with Gasteiger partial charge in [-0.3, -0.25) is 9.59 Å². The summed E-state index contributed by atoms with van der Waals surface area (Å²) in [5.74, 6) is 5.31. The van der Waals surface area contributed by atoms with Crippen LogP contribution in [0.1, 0.15) is 26.3 Å². The fourth-order valence-electron chi connectivity index (χ4n) is 2.17. The van der Waals surface area contributed by atoms with Gasteiger partial charge in [0, 0.05) is 22.8 Å². The predicted octanol–water partition coefficient (Wildman–Crippen LogP) is 3.02. The molecule has 0 saturated carbocycles. The van der Waals surface area contributed by atoms with E-state index in [1.807, 2.05) is 30.3 Å². The molecule has 0 saturated heterocycles. The molecule has 3 rings (SSSR count). The van der Waals surface area contributed by atoms with Crippen molar-refractivity contribution in [3.05, 3.63) is 83.1 Å². The van der Waals surface area contributed by atoms with Gasteiger partial charge in [-0.1, -0.05) is 54.3 Å². The Hall–Kier alpha value is -3.12. The van der Waals surface area contributed by atoms with Crippen molar-refractivity contribution >= 4 is 11.6 Å². The van der Waals surface area contributed by atoms with E-state index >= 15 is 0 Å². The van der Waals surface area contributed by atoms with Crippen LogP contribution in [0.15, 0.2) is 66.4 Å². The van der Waals surface area contributed by atoms with Crippen molar-refractivity contribution in [2.75, 3.05) is 6.61 Å². The molecule has 0 N–H and O–H groups in total. The van der Waals surface area contributed by atoms with E-state index in [1.165, 1.54) is 6.08 Å². The molecule has 22 heavy (non-hydrogen) atoms. The summed E-state index contributed by atoms with van der Waals surface area (Å²) in [7, 11) is 0. The van der Waals surface area contributed by atoms with Gasteiger partial charge in [0.2, 0.25) is 5.78 Å². The van der Waals surface area contributed by atoms with E-state index in [-0.39, 0.29) is 23.9 Å². The summed E-state index contributed by atoms with van der Waals surface area (Å²) in [6.07, 6.45) is 1.23. The molecular weight excluding hydrogens is 276 g/mol. The van der Waals surface area contributed by atoms with Gasteiger partial charge in [-0.2, -0.15) is 0 Å². The van der Waals surface area contributed by atoms with Gasteiger partial charge in [0.1, 0.15) is 6.61 Å². The molecule has 0 radical (unpaired) electrons. The number of fused-ring (bicyclic) bond motifs is 1. The number of hydrogen-bond acceptors (Lipinski definition) is 3. The normalized spacial score (nSPS) is 12.8. The van der Waals surface area contributed by atoms with Gasteiger partial charge in [0.25, 0.3) is 0 Å². The first kappa shape index (κ1) is 13.8. The van der Waals surface area contributed by atoms with Crippen molar-refractivity contribution in [1.82, 2.24) is 0 Å². The summed E-state index contributed by atoms with van der Waals surface area (Å²) < 4.78 is 5.36. The van der Waals surface area contributed by atoms with Gasteiger partial charge < -0.3 is 4.74 Å². The molecule has 0 amide bonds. The largest absolute Gasteiger partial charge is 0.477 e. The minimum atomic E-state index is -0.281. The lowest BCUT2D eigenvalue weighted by molar-refractivity contribution is 0.0903. The van der Waals surface area contributed by atoms with Crippen molar-refractivity contribution < 1.29 is 14.3 Å². The molecule has 0 aromatic heterocycles. The third-order valence-corrected chi connectivity index (χ3v) is 3.23. The average molecular weight is 288 g/mol. The van der Waals surface area contributed by atoms with Crippen LogP contribution in [0.4, 0.5) is 0 Å². The molecule has 0 spiro atoms. The van der Waals surface area contributed by atoms with Gasteiger partial charge in [0.05, 0.1) is 0 Å². The summed E-state index contributed by atoms with van der Waals surface area (Å²) in [4.78, 5) is 24.2. The molecule has 0 aliphatic heterocycles. The fraction of sp³-hybridized carbons (Fsp3) is 0.0526. The smallest absolute Gasteiger partial charge is 0.228 e. The quantitative estimate of drug-likeness (QED) is 0.798. The first-order chi connectivity index (χ1) is 10.8. The number of Topliss-reactive ketones (excluding diaryl/α,β-unsaturated/α-hetero) is 1. The standard InChI is InChI=1S/C19H12O3/c20-17-13-18(19(21)16-11-5-4-10-15(16)17)22-12-6-9-14-7-2-1-3-8-14/h1-5,7-8,10-11,13H,12H2. The van der Waals surface area contributed by atoms with Crippen LogP contribution in [0.2, 0.25) is 0 Å². The fourth-order valence-corrected chi connectivity index (χ4v) is 2.17. The zero-order chi connectivity index (χ0) is 15.4. The van der Waals surface area contributed by atoms with Crippen molar-refractivity contribution in [2.45, 2.75) is 0 Å². The Morgan fingerprint density at radius 3 is 2.32 bits per heavy atom. The van der Waals surface area contributed by atoms with Gasteiger partial charge in [0.15, 0.2) is 11.5 Å². The number of allylic oxidation sites excluding steroid dienone is 2. The summed E-state index contributed by atoms with van der Waals surface area (Å²) in [6.45, 7) is 0.0575. The third kappa shape index (κ3) is 2.82.